The highest BCUT2D eigenvalue weighted by molar-refractivity contribution is 5.78. The van der Waals surface area contributed by atoms with E-state index in [1.54, 1.807) is 0 Å². The second-order valence-corrected chi connectivity index (χ2v) is 4.98. The molecular formula is C11H21NO3. The quantitative estimate of drug-likeness (QED) is 0.766. The van der Waals surface area contributed by atoms with Crippen LogP contribution in [0.1, 0.15) is 34.1 Å². The number of aliphatic hydroxyl groups excluding tert-OH is 1. The van der Waals surface area contributed by atoms with Gasteiger partial charge in [-0.05, 0) is 18.8 Å². The number of hydrogen-bond donors (Lipinski definition) is 1. The SMILES string of the molecule is CC(CO)CN1OC(C)(C(C)C)CC1=O. The summed E-state index contributed by atoms with van der Waals surface area (Å²) in [4.78, 5) is 17.3. The van der Waals surface area contributed by atoms with Gasteiger partial charge >= 0.3 is 0 Å². The van der Waals surface area contributed by atoms with Gasteiger partial charge in [-0.3, -0.25) is 9.63 Å². The van der Waals surface area contributed by atoms with Crippen molar-refractivity contribution in [3.05, 3.63) is 0 Å². The van der Waals surface area contributed by atoms with Crippen LogP contribution in [-0.4, -0.2) is 34.8 Å². The third kappa shape index (κ3) is 2.69. The summed E-state index contributed by atoms with van der Waals surface area (Å²) in [7, 11) is 0. The molecule has 15 heavy (non-hydrogen) atoms. The maximum atomic E-state index is 11.7. The van der Waals surface area contributed by atoms with Crippen LogP contribution in [-0.2, 0) is 9.63 Å². The van der Waals surface area contributed by atoms with Gasteiger partial charge in [0.25, 0.3) is 0 Å². The molecule has 1 aliphatic heterocycles. The summed E-state index contributed by atoms with van der Waals surface area (Å²) in [5.41, 5.74) is -0.383. The van der Waals surface area contributed by atoms with E-state index < -0.39 is 0 Å². The zero-order valence-electron chi connectivity index (χ0n) is 9.99. The Morgan fingerprint density at radius 1 is 1.53 bits per heavy atom. The lowest BCUT2D eigenvalue weighted by Crippen LogP contribution is -2.35. The fourth-order valence-electron chi connectivity index (χ4n) is 1.51. The molecule has 1 N–H and O–H groups in total. The molecule has 0 aromatic heterocycles. The average Bonchev–Trinajstić information content (AvgIpc) is 2.43. The van der Waals surface area contributed by atoms with Gasteiger partial charge < -0.3 is 5.11 Å². The van der Waals surface area contributed by atoms with Gasteiger partial charge in [0.15, 0.2) is 0 Å². The summed E-state index contributed by atoms with van der Waals surface area (Å²) in [6.07, 6.45) is 0.433. The molecule has 1 amide bonds. The van der Waals surface area contributed by atoms with Crippen LogP contribution in [0.4, 0.5) is 0 Å². The minimum absolute atomic E-state index is 0.0199. The topological polar surface area (TPSA) is 49.8 Å². The summed E-state index contributed by atoms with van der Waals surface area (Å²) in [6.45, 7) is 8.49. The second kappa shape index (κ2) is 4.49. The molecule has 4 heteroatoms. The molecule has 1 fully saturated rings. The van der Waals surface area contributed by atoms with Gasteiger partial charge in [0.05, 0.1) is 13.0 Å². The molecule has 0 aliphatic carbocycles. The fraction of sp³-hybridized carbons (Fsp3) is 0.909. The van der Waals surface area contributed by atoms with Crippen molar-refractivity contribution >= 4 is 5.91 Å². The minimum Gasteiger partial charge on any atom is -0.396 e. The Morgan fingerprint density at radius 3 is 2.53 bits per heavy atom. The van der Waals surface area contributed by atoms with Gasteiger partial charge in [0, 0.05) is 6.61 Å². The van der Waals surface area contributed by atoms with Gasteiger partial charge in [-0.15, -0.1) is 0 Å². The van der Waals surface area contributed by atoms with E-state index >= 15 is 0 Å². The zero-order valence-corrected chi connectivity index (χ0v) is 9.99. The number of hydrogen-bond acceptors (Lipinski definition) is 3. The number of carbonyl (C=O) groups excluding carboxylic acids is 1. The van der Waals surface area contributed by atoms with E-state index in [-0.39, 0.29) is 24.0 Å². The fourth-order valence-corrected chi connectivity index (χ4v) is 1.51. The monoisotopic (exact) mass is 215 g/mol. The van der Waals surface area contributed by atoms with Gasteiger partial charge in [-0.25, -0.2) is 5.06 Å². The number of carbonyl (C=O) groups is 1. The molecule has 88 valence electrons. The molecule has 2 unspecified atom stereocenters. The molecule has 0 saturated carbocycles. The van der Waals surface area contributed by atoms with E-state index in [1.165, 1.54) is 5.06 Å². The lowest BCUT2D eigenvalue weighted by atomic mass is 9.90. The van der Waals surface area contributed by atoms with Gasteiger partial charge in [-0.2, -0.15) is 0 Å². The summed E-state index contributed by atoms with van der Waals surface area (Å²) in [5.74, 6) is 0.380. The summed E-state index contributed by atoms with van der Waals surface area (Å²) >= 11 is 0. The van der Waals surface area contributed by atoms with Crippen LogP contribution in [0.3, 0.4) is 0 Å². The normalized spacial score (nSPS) is 28.9. The lowest BCUT2D eigenvalue weighted by molar-refractivity contribution is -0.209. The number of amides is 1. The first-order valence-corrected chi connectivity index (χ1v) is 5.49. The van der Waals surface area contributed by atoms with E-state index in [2.05, 4.69) is 0 Å². The van der Waals surface area contributed by atoms with E-state index in [1.807, 2.05) is 27.7 Å². The predicted octanol–water partition coefficient (Wildman–Crippen LogP) is 1.19. The van der Waals surface area contributed by atoms with Crippen molar-refractivity contribution in [1.82, 2.24) is 5.06 Å². The van der Waals surface area contributed by atoms with Crippen LogP contribution in [0.15, 0.2) is 0 Å². The smallest absolute Gasteiger partial charge is 0.249 e. The van der Waals surface area contributed by atoms with Gasteiger partial charge in [0.2, 0.25) is 5.91 Å². The Labute approximate surface area is 91.2 Å². The highest BCUT2D eigenvalue weighted by atomic mass is 16.7. The molecule has 0 aromatic carbocycles. The Bertz CT molecular complexity index is 242. The highest BCUT2D eigenvalue weighted by Crippen LogP contribution is 2.33. The number of hydroxylamine groups is 2. The van der Waals surface area contributed by atoms with Crippen molar-refractivity contribution in [1.29, 1.82) is 0 Å². The molecule has 1 aliphatic rings. The molecule has 0 radical (unpaired) electrons. The largest absolute Gasteiger partial charge is 0.396 e. The van der Waals surface area contributed by atoms with Crippen molar-refractivity contribution in [2.24, 2.45) is 11.8 Å². The molecule has 2 atom stereocenters. The van der Waals surface area contributed by atoms with Gasteiger partial charge in [0.1, 0.15) is 5.60 Å². The molecule has 1 saturated heterocycles. The maximum absolute atomic E-state index is 11.7. The molecule has 1 rings (SSSR count). The van der Waals surface area contributed by atoms with Crippen LogP contribution in [0, 0.1) is 11.8 Å². The van der Waals surface area contributed by atoms with Crippen molar-refractivity contribution in [3.63, 3.8) is 0 Å². The molecule has 0 aromatic rings. The van der Waals surface area contributed by atoms with E-state index in [0.29, 0.717) is 18.9 Å². The maximum Gasteiger partial charge on any atom is 0.249 e. The molecule has 1 heterocycles. The Morgan fingerprint density at radius 2 is 2.13 bits per heavy atom. The van der Waals surface area contributed by atoms with Crippen molar-refractivity contribution < 1.29 is 14.7 Å². The van der Waals surface area contributed by atoms with Crippen molar-refractivity contribution in [3.8, 4) is 0 Å². The first-order chi connectivity index (χ1) is 6.89. The zero-order chi connectivity index (χ0) is 11.6. The van der Waals surface area contributed by atoms with E-state index in [4.69, 9.17) is 9.94 Å². The number of aliphatic hydroxyl groups is 1. The number of rotatable bonds is 4. The average molecular weight is 215 g/mol. The predicted molar refractivity (Wildman–Crippen MR) is 56.9 cm³/mol. The van der Waals surface area contributed by atoms with Gasteiger partial charge in [-0.1, -0.05) is 20.8 Å². The van der Waals surface area contributed by atoms with E-state index in [9.17, 15) is 4.79 Å². The third-order valence-corrected chi connectivity index (χ3v) is 3.11. The van der Waals surface area contributed by atoms with Crippen LogP contribution in [0.25, 0.3) is 0 Å². The van der Waals surface area contributed by atoms with Crippen LogP contribution >= 0.6 is 0 Å². The summed E-state index contributed by atoms with van der Waals surface area (Å²) in [6, 6.07) is 0. The Kier molecular flexibility index (Phi) is 3.73. The van der Waals surface area contributed by atoms with Crippen LogP contribution in [0.2, 0.25) is 0 Å². The number of nitrogens with zero attached hydrogens (tertiary/aromatic N) is 1. The second-order valence-electron chi connectivity index (χ2n) is 4.98. The van der Waals surface area contributed by atoms with Crippen LogP contribution in [0.5, 0.6) is 0 Å². The van der Waals surface area contributed by atoms with Crippen LogP contribution < -0.4 is 0 Å². The first-order valence-electron chi connectivity index (χ1n) is 5.49. The Balaban J connectivity index is 2.60. The lowest BCUT2D eigenvalue weighted by Gasteiger charge is -2.28. The van der Waals surface area contributed by atoms with Crippen molar-refractivity contribution in [2.45, 2.75) is 39.7 Å². The molecule has 0 spiro atoms. The van der Waals surface area contributed by atoms with Crippen molar-refractivity contribution in [2.75, 3.05) is 13.2 Å². The summed E-state index contributed by atoms with van der Waals surface area (Å²) in [5, 5.41) is 10.3. The summed E-state index contributed by atoms with van der Waals surface area (Å²) < 4.78 is 0. The molecular weight excluding hydrogens is 194 g/mol. The standard InChI is InChI=1S/C11H21NO3/c1-8(2)11(4)5-10(14)12(15-11)6-9(3)7-13/h8-9,13H,5-7H2,1-4H3. The molecule has 4 nitrogen and oxygen atoms in total. The minimum atomic E-state index is -0.383. The first kappa shape index (κ1) is 12.5. The van der Waals surface area contributed by atoms with E-state index in [0.717, 1.165) is 0 Å². The third-order valence-electron chi connectivity index (χ3n) is 3.11. The highest BCUT2D eigenvalue weighted by Gasteiger charge is 2.43. The molecule has 0 bridgehead atoms. The Hall–Kier alpha value is -0.610.